The van der Waals surface area contributed by atoms with Crippen LogP contribution in [0.4, 0.5) is 0 Å². The number of carbonyl (C=O) groups excluding carboxylic acids is 1. The molecule has 1 aliphatic heterocycles. The van der Waals surface area contributed by atoms with E-state index in [1.54, 1.807) is 0 Å². The number of nitrogens with two attached hydrogens (primary N) is 1. The number of likely N-dealkylation sites (tertiary alicyclic amines) is 1. The molecule has 3 rings (SSSR count). The highest BCUT2D eigenvalue weighted by molar-refractivity contribution is 5.82. The third-order valence-electron chi connectivity index (χ3n) is 5.02. The Labute approximate surface area is 139 Å². The van der Waals surface area contributed by atoms with E-state index in [-0.39, 0.29) is 17.6 Å². The first kappa shape index (κ1) is 16.5. The van der Waals surface area contributed by atoms with Crippen LogP contribution < -0.4 is 5.73 Å². The number of rotatable bonds is 3. The Bertz CT molecular complexity index is 552. The molecule has 4 unspecified atom stereocenters. The molecular weight excluding hydrogens is 288 g/mol. The Hall–Kier alpha value is -1.39. The van der Waals surface area contributed by atoms with Gasteiger partial charge in [0.2, 0.25) is 0 Å². The summed E-state index contributed by atoms with van der Waals surface area (Å²) in [5.74, 6) is 1.11. The first-order valence-corrected chi connectivity index (χ1v) is 8.62. The van der Waals surface area contributed by atoms with Gasteiger partial charge in [0, 0.05) is 19.1 Å². The van der Waals surface area contributed by atoms with Crippen LogP contribution in [0.1, 0.15) is 45.3 Å². The summed E-state index contributed by atoms with van der Waals surface area (Å²) in [6.07, 6.45) is 1.70. The Morgan fingerprint density at radius 1 is 1.22 bits per heavy atom. The highest BCUT2D eigenvalue weighted by Gasteiger charge is 2.44. The molecule has 4 atom stereocenters. The van der Waals surface area contributed by atoms with Crippen molar-refractivity contribution < 1.29 is 9.53 Å². The van der Waals surface area contributed by atoms with E-state index < -0.39 is 6.10 Å². The van der Waals surface area contributed by atoms with Gasteiger partial charge in [-0.1, -0.05) is 30.3 Å². The van der Waals surface area contributed by atoms with Crippen molar-refractivity contribution >= 4 is 5.91 Å². The van der Waals surface area contributed by atoms with E-state index in [0.29, 0.717) is 11.8 Å². The normalized spacial score (nSPS) is 28.7. The monoisotopic (exact) mass is 316 g/mol. The molecule has 1 saturated heterocycles. The molecule has 4 heteroatoms. The molecule has 1 saturated carbocycles. The average molecular weight is 316 g/mol. The second kappa shape index (κ2) is 6.25. The molecule has 1 amide bonds. The lowest BCUT2D eigenvalue weighted by Gasteiger charge is -2.30. The van der Waals surface area contributed by atoms with Crippen LogP contribution in [0.15, 0.2) is 30.3 Å². The Balaban J connectivity index is 1.78. The number of carbonyl (C=O) groups is 1. The summed E-state index contributed by atoms with van der Waals surface area (Å²) < 4.78 is 6.12. The fourth-order valence-corrected chi connectivity index (χ4v) is 3.90. The average Bonchev–Trinajstić information content (AvgIpc) is 3.07. The van der Waals surface area contributed by atoms with E-state index >= 15 is 0 Å². The molecular formula is C19H28N2O2. The van der Waals surface area contributed by atoms with Crippen molar-refractivity contribution in [1.29, 1.82) is 0 Å². The van der Waals surface area contributed by atoms with Crippen molar-refractivity contribution in [3.8, 4) is 0 Å². The van der Waals surface area contributed by atoms with E-state index in [1.165, 1.54) is 0 Å². The summed E-state index contributed by atoms with van der Waals surface area (Å²) in [5, 5.41) is 0. The third-order valence-corrected chi connectivity index (χ3v) is 5.02. The maximum absolute atomic E-state index is 13.1. The van der Waals surface area contributed by atoms with Crippen LogP contribution in [0.2, 0.25) is 0 Å². The molecule has 2 N–H and O–H groups in total. The number of hydrogen-bond donors (Lipinski definition) is 1. The van der Waals surface area contributed by atoms with Crippen LogP contribution in [0.25, 0.3) is 0 Å². The highest BCUT2D eigenvalue weighted by atomic mass is 16.5. The summed E-state index contributed by atoms with van der Waals surface area (Å²) in [5.41, 5.74) is 6.75. The molecule has 23 heavy (non-hydrogen) atoms. The van der Waals surface area contributed by atoms with Gasteiger partial charge in [-0.25, -0.2) is 0 Å². The zero-order valence-corrected chi connectivity index (χ0v) is 14.4. The Morgan fingerprint density at radius 2 is 1.91 bits per heavy atom. The number of nitrogens with zero attached hydrogens (tertiary/aromatic N) is 1. The predicted octanol–water partition coefficient (Wildman–Crippen LogP) is 2.74. The van der Waals surface area contributed by atoms with Crippen LogP contribution >= 0.6 is 0 Å². The van der Waals surface area contributed by atoms with Gasteiger partial charge >= 0.3 is 0 Å². The van der Waals surface area contributed by atoms with Crippen molar-refractivity contribution in [2.75, 3.05) is 13.1 Å². The highest BCUT2D eigenvalue weighted by Crippen LogP contribution is 2.38. The zero-order chi connectivity index (χ0) is 16.6. The minimum atomic E-state index is -0.536. The lowest BCUT2D eigenvalue weighted by atomic mass is 9.98. The SMILES string of the molecule is CC(C)(C)OC(C(=O)N1CC2CCC(N)C2C1)c1ccccc1. The minimum absolute atomic E-state index is 0.0766. The van der Waals surface area contributed by atoms with Gasteiger partial charge in [0.05, 0.1) is 5.60 Å². The fourth-order valence-electron chi connectivity index (χ4n) is 3.90. The van der Waals surface area contributed by atoms with Crippen molar-refractivity contribution in [3.05, 3.63) is 35.9 Å². The summed E-state index contributed by atoms with van der Waals surface area (Å²) >= 11 is 0. The fraction of sp³-hybridized carbons (Fsp3) is 0.632. The number of hydrogen-bond acceptors (Lipinski definition) is 3. The van der Waals surface area contributed by atoms with Gasteiger partial charge < -0.3 is 15.4 Å². The zero-order valence-electron chi connectivity index (χ0n) is 14.4. The van der Waals surface area contributed by atoms with Gasteiger partial charge in [-0.15, -0.1) is 0 Å². The van der Waals surface area contributed by atoms with Crippen LogP contribution in [0.3, 0.4) is 0 Å². The number of amides is 1. The quantitative estimate of drug-likeness (QED) is 0.933. The minimum Gasteiger partial charge on any atom is -0.358 e. The maximum atomic E-state index is 13.1. The van der Waals surface area contributed by atoms with E-state index in [4.69, 9.17) is 10.5 Å². The topological polar surface area (TPSA) is 55.6 Å². The van der Waals surface area contributed by atoms with Crippen molar-refractivity contribution in [2.24, 2.45) is 17.6 Å². The van der Waals surface area contributed by atoms with Gasteiger partial charge in [0.25, 0.3) is 5.91 Å². The molecule has 4 nitrogen and oxygen atoms in total. The van der Waals surface area contributed by atoms with Crippen LogP contribution in [0.5, 0.6) is 0 Å². The van der Waals surface area contributed by atoms with Crippen molar-refractivity contribution in [3.63, 3.8) is 0 Å². The second-order valence-corrected chi connectivity index (χ2v) is 7.93. The van der Waals surface area contributed by atoms with Crippen LogP contribution in [0, 0.1) is 11.8 Å². The number of ether oxygens (including phenoxy) is 1. The molecule has 0 aromatic heterocycles. The smallest absolute Gasteiger partial charge is 0.256 e. The van der Waals surface area contributed by atoms with Gasteiger partial charge in [-0.3, -0.25) is 4.79 Å². The molecule has 1 aromatic rings. The number of fused-ring (bicyclic) bond motifs is 1. The summed E-state index contributed by atoms with van der Waals surface area (Å²) in [6, 6.07) is 10.1. The molecule has 1 heterocycles. The summed E-state index contributed by atoms with van der Waals surface area (Å²) in [7, 11) is 0. The largest absolute Gasteiger partial charge is 0.358 e. The van der Waals surface area contributed by atoms with E-state index in [2.05, 4.69) is 0 Å². The van der Waals surface area contributed by atoms with Crippen LogP contribution in [-0.2, 0) is 9.53 Å². The Morgan fingerprint density at radius 3 is 2.52 bits per heavy atom. The van der Waals surface area contributed by atoms with Gasteiger partial charge in [-0.05, 0) is 51.0 Å². The molecule has 2 fully saturated rings. The molecule has 126 valence electrons. The predicted molar refractivity (Wildman–Crippen MR) is 90.8 cm³/mol. The first-order valence-electron chi connectivity index (χ1n) is 8.62. The maximum Gasteiger partial charge on any atom is 0.256 e. The second-order valence-electron chi connectivity index (χ2n) is 7.93. The summed E-state index contributed by atoms with van der Waals surface area (Å²) in [6.45, 7) is 7.58. The van der Waals surface area contributed by atoms with Gasteiger partial charge in [0.15, 0.2) is 6.10 Å². The Kier molecular flexibility index (Phi) is 4.47. The first-order chi connectivity index (χ1) is 10.8. The van der Waals surface area contributed by atoms with E-state index in [9.17, 15) is 4.79 Å². The lowest BCUT2D eigenvalue weighted by Crippen LogP contribution is -2.39. The standard InChI is InChI=1S/C19H28N2O2/c1-19(2,3)23-17(13-7-5-4-6-8-13)18(22)21-11-14-9-10-16(20)15(14)12-21/h4-8,14-17H,9-12,20H2,1-3H3. The molecule has 1 aliphatic carbocycles. The molecule has 0 spiro atoms. The van der Waals surface area contributed by atoms with Crippen molar-refractivity contribution in [2.45, 2.75) is 51.4 Å². The van der Waals surface area contributed by atoms with Gasteiger partial charge in [0.1, 0.15) is 0 Å². The summed E-state index contributed by atoms with van der Waals surface area (Å²) in [4.78, 5) is 15.1. The molecule has 2 aliphatic rings. The third kappa shape index (κ3) is 3.59. The van der Waals surface area contributed by atoms with E-state index in [0.717, 1.165) is 31.5 Å². The lowest BCUT2D eigenvalue weighted by molar-refractivity contribution is -0.153. The molecule has 0 bridgehead atoms. The van der Waals surface area contributed by atoms with Crippen molar-refractivity contribution in [1.82, 2.24) is 4.90 Å². The molecule has 1 aromatic carbocycles. The van der Waals surface area contributed by atoms with E-state index in [1.807, 2.05) is 56.0 Å². The van der Waals surface area contributed by atoms with Gasteiger partial charge in [-0.2, -0.15) is 0 Å². The van der Waals surface area contributed by atoms with Crippen LogP contribution in [-0.4, -0.2) is 35.5 Å². The number of benzene rings is 1. The molecule has 0 radical (unpaired) electrons.